The minimum atomic E-state index is -3.38. The number of nitrogens with one attached hydrogen (secondary N) is 1. The number of amides is 1. The normalized spacial score (nSPS) is 13.2. The minimum Gasteiger partial charge on any atom is -0.355 e. The Labute approximate surface area is 105 Å². The second-order valence-corrected chi connectivity index (χ2v) is 7.55. The van der Waals surface area contributed by atoms with E-state index in [4.69, 9.17) is 0 Å². The van der Waals surface area contributed by atoms with Gasteiger partial charge in [-0.1, -0.05) is 13.8 Å². The molecule has 0 aromatic carbocycles. The van der Waals surface area contributed by atoms with Crippen molar-refractivity contribution in [1.82, 2.24) is 9.62 Å². The van der Waals surface area contributed by atoms with Crippen LogP contribution in [0.5, 0.6) is 0 Å². The maximum atomic E-state index is 11.6. The molecule has 0 unspecified atom stereocenters. The number of hydrogen-bond acceptors (Lipinski definition) is 3. The van der Waals surface area contributed by atoms with Gasteiger partial charge in [0, 0.05) is 12.1 Å². The number of hydrogen-bond donors (Lipinski definition) is 1. The van der Waals surface area contributed by atoms with Crippen LogP contribution in [0, 0.1) is 5.92 Å². The Bertz CT molecular complexity index is 355. The molecule has 6 heteroatoms. The highest BCUT2D eigenvalue weighted by Gasteiger charge is 2.31. The SMILES string of the molecule is CC(C)CNC(=O)CN(C(C)(C)C)S(C)(=O)=O. The molecule has 0 aliphatic heterocycles. The van der Waals surface area contributed by atoms with E-state index >= 15 is 0 Å². The monoisotopic (exact) mass is 264 g/mol. The Hall–Kier alpha value is -0.620. The standard InChI is InChI=1S/C11H24N2O3S/c1-9(2)7-12-10(14)8-13(11(3,4)5)17(6,15)16/h9H,7-8H2,1-6H3,(H,12,14). The maximum Gasteiger partial charge on any atom is 0.235 e. The molecule has 0 aromatic rings. The molecule has 0 rings (SSSR count). The summed E-state index contributed by atoms with van der Waals surface area (Å²) in [5, 5.41) is 2.71. The highest BCUT2D eigenvalue weighted by atomic mass is 32.2. The summed E-state index contributed by atoms with van der Waals surface area (Å²) in [5.41, 5.74) is -0.594. The molecule has 1 amide bonds. The fraction of sp³-hybridized carbons (Fsp3) is 0.909. The van der Waals surface area contributed by atoms with Gasteiger partial charge >= 0.3 is 0 Å². The molecule has 0 saturated carbocycles. The maximum absolute atomic E-state index is 11.6. The molecule has 0 fully saturated rings. The Kier molecular flexibility index (Phi) is 5.61. The largest absolute Gasteiger partial charge is 0.355 e. The second kappa shape index (κ2) is 5.82. The quantitative estimate of drug-likeness (QED) is 0.799. The Morgan fingerprint density at radius 2 is 1.76 bits per heavy atom. The van der Waals surface area contributed by atoms with Gasteiger partial charge in [-0.05, 0) is 26.7 Å². The predicted octanol–water partition coefficient (Wildman–Crippen LogP) is 0.819. The van der Waals surface area contributed by atoms with Gasteiger partial charge in [-0.15, -0.1) is 0 Å². The lowest BCUT2D eigenvalue weighted by molar-refractivity contribution is -0.122. The highest BCUT2D eigenvalue weighted by molar-refractivity contribution is 7.88. The number of sulfonamides is 1. The van der Waals surface area contributed by atoms with E-state index in [1.165, 1.54) is 4.31 Å². The smallest absolute Gasteiger partial charge is 0.235 e. The molecule has 0 radical (unpaired) electrons. The lowest BCUT2D eigenvalue weighted by Crippen LogP contribution is -2.50. The van der Waals surface area contributed by atoms with Gasteiger partial charge in [0.25, 0.3) is 0 Å². The third-order valence-corrected chi connectivity index (χ3v) is 3.62. The zero-order valence-electron chi connectivity index (χ0n) is 11.6. The molecule has 0 saturated heterocycles. The first-order valence-electron chi connectivity index (χ1n) is 5.69. The first kappa shape index (κ1) is 16.4. The van der Waals surface area contributed by atoms with Crippen molar-refractivity contribution in [2.24, 2.45) is 5.92 Å². The van der Waals surface area contributed by atoms with Gasteiger partial charge in [-0.25, -0.2) is 8.42 Å². The molecule has 102 valence electrons. The van der Waals surface area contributed by atoms with E-state index in [0.717, 1.165) is 6.26 Å². The molecule has 0 aliphatic rings. The predicted molar refractivity (Wildman–Crippen MR) is 69.2 cm³/mol. The molecule has 5 nitrogen and oxygen atoms in total. The fourth-order valence-electron chi connectivity index (χ4n) is 1.36. The van der Waals surface area contributed by atoms with Crippen molar-refractivity contribution in [2.45, 2.75) is 40.2 Å². The topological polar surface area (TPSA) is 66.5 Å². The lowest BCUT2D eigenvalue weighted by Gasteiger charge is -2.32. The van der Waals surface area contributed by atoms with E-state index in [1.807, 2.05) is 13.8 Å². The van der Waals surface area contributed by atoms with E-state index in [9.17, 15) is 13.2 Å². The van der Waals surface area contributed by atoms with Gasteiger partial charge in [0.1, 0.15) is 0 Å². The van der Waals surface area contributed by atoms with Crippen molar-refractivity contribution in [2.75, 3.05) is 19.3 Å². The lowest BCUT2D eigenvalue weighted by atomic mass is 10.1. The van der Waals surface area contributed by atoms with Crippen molar-refractivity contribution < 1.29 is 13.2 Å². The Morgan fingerprint density at radius 1 is 1.29 bits per heavy atom. The van der Waals surface area contributed by atoms with E-state index in [-0.39, 0.29) is 12.5 Å². The van der Waals surface area contributed by atoms with Gasteiger partial charge in [-0.2, -0.15) is 4.31 Å². The Balaban J connectivity index is 4.64. The third kappa shape index (κ3) is 6.63. The zero-order valence-corrected chi connectivity index (χ0v) is 12.4. The zero-order chi connectivity index (χ0) is 13.9. The summed E-state index contributed by atoms with van der Waals surface area (Å²) in [6, 6.07) is 0. The van der Waals surface area contributed by atoms with Crippen molar-refractivity contribution in [3.63, 3.8) is 0 Å². The summed E-state index contributed by atoms with van der Waals surface area (Å²) in [6.07, 6.45) is 1.12. The van der Waals surface area contributed by atoms with Crippen LogP contribution in [0.15, 0.2) is 0 Å². The molecule has 0 bridgehead atoms. The molecule has 0 heterocycles. The molecule has 17 heavy (non-hydrogen) atoms. The highest BCUT2D eigenvalue weighted by Crippen LogP contribution is 2.16. The molecule has 0 aliphatic carbocycles. The minimum absolute atomic E-state index is 0.130. The number of carbonyl (C=O) groups excluding carboxylic acids is 1. The van der Waals surface area contributed by atoms with Gasteiger partial charge in [0.2, 0.25) is 15.9 Å². The van der Waals surface area contributed by atoms with Crippen LogP contribution in [-0.4, -0.2) is 43.5 Å². The van der Waals surface area contributed by atoms with Crippen LogP contribution in [0.3, 0.4) is 0 Å². The fourth-order valence-corrected chi connectivity index (χ4v) is 2.70. The molecule has 1 N–H and O–H groups in total. The van der Waals surface area contributed by atoms with Crippen LogP contribution in [0.25, 0.3) is 0 Å². The van der Waals surface area contributed by atoms with Crippen LogP contribution in [-0.2, 0) is 14.8 Å². The van der Waals surface area contributed by atoms with E-state index in [1.54, 1.807) is 20.8 Å². The molecule has 0 atom stereocenters. The molecule has 0 spiro atoms. The van der Waals surface area contributed by atoms with Crippen LogP contribution in [0.4, 0.5) is 0 Å². The van der Waals surface area contributed by atoms with Crippen LogP contribution in [0.1, 0.15) is 34.6 Å². The average molecular weight is 264 g/mol. The summed E-state index contributed by atoms with van der Waals surface area (Å²) < 4.78 is 24.4. The number of rotatable bonds is 5. The van der Waals surface area contributed by atoms with E-state index in [2.05, 4.69) is 5.32 Å². The molecular weight excluding hydrogens is 240 g/mol. The van der Waals surface area contributed by atoms with Crippen molar-refractivity contribution in [1.29, 1.82) is 0 Å². The summed E-state index contributed by atoms with van der Waals surface area (Å²) in [5.74, 6) is 0.0827. The molecular formula is C11H24N2O3S. The van der Waals surface area contributed by atoms with Crippen LogP contribution < -0.4 is 5.32 Å². The third-order valence-electron chi connectivity index (χ3n) is 2.14. The summed E-state index contributed by atoms with van der Waals surface area (Å²) >= 11 is 0. The first-order valence-corrected chi connectivity index (χ1v) is 7.54. The number of nitrogens with zero attached hydrogens (tertiary/aromatic N) is 1. The van der Waals surface area contributed by atoms with Gasteiger partial charge in [-0.3, -0.25) is 4.79 Å². The van der Waals surface area contributed by atoms with Gasteiger partial charge in [0.15, 0.2) is 0 Å². The average Bonchev–Trinajstić information content (AvgIpc) is 2.07. The summed E-state index contributed by atoms with van der Waals surface area (Å²) in [7, 11) is -3.38. The molecule has 0 aromatic heterocycles. The van der Waals surface area contributed by atoms with E-state index in [0.29, 0.717) is 12.5 Å². The van der Waals surface area contributed by atoms with Crippen LogP contribution in [0.2, 0.25) is 0 Å². The van der Waals surface area contributed by atoms with Crippen molar-refractivity contribution in [3.8, 4) is 0 Å². The second-order valence-electron chi connectivity index (χ2n) is 5.64. The van der Waals surface area contributed by atoms with Gasteiger partial charge < -0.3 is 5.32 Å². The van der Waals surface area contributed by atoms with Crippen molar-refractivity contribution >= 4 is 15.9 Å². The van der Waals surface area contributed by atoms with Gasteiger partial charge in [0.05, 0.1) is 12.8 Å². The first-order chi connectivity index (χ1) is 7.44. The number of carbonyl (C=O) groups is 1. The van der Waals surface area contributed by atoms with Crippen LogP contribution >= 0.6 is 0 Å². The Morgan fingerprint density at radius 3 is 2.06 bits per heavy atom. The summed E-state index contributed by atoms with van der Waals surface area (Å²) in [6.45, 7) is 9.70. The summed E-state index contributed by atoms with van der Waals surface area (Å²) in [4.78, 5) is 11.6. The van der Waals surface area contributed by atoms with E-state index < -0.39 is 15.6 Å². The van der Waals surface area contributed by atoms with Crippen molar-refractivity contribution in [3.05, 3.63) is 0 Å².